The summed E-state index contributed by atoms with van der Waals surface area (Å²) in [6, 6.07) is 8.20. The number of imidazole rings is 1. The fourth-order valence-corrected chi connectivity index (χ4v) is 1.77. The molecule has 0 aliphatic carbocycles. The van der Waals surface area contributed by atoms with Crippen LogP contribution in [0, 0.1) is 0 Å². The summed E-state index contributed by atoms with van der Waals surface area (Å²) in [6.07, 6.45) is 3.76. The van der Waals surface area contributed by atoms with Gasteiger partial charge in [-0.3, -0.25) is 0 Å². The molecular weight excluding hydrogens is 226 g/mol. The Morgan fingerprint density at radius 1 is 1.33 bits per heavy atom. The lowest BCUT2D eigenvalue weighted by atomic mass is 10.2. The Bertz CT molecular complexity index is 493. The van der Waals surface area contributed by atoms with Crippen molar-refractivity contribution in [2.24, 2.45) is 7.05 Å². The second-order valence-corrected chi connectivity index (χ2v) is 4.10. The van der Waals surface area contributed by atoms with Crippen molar-refractivity contribution >= 4 is 5.69 Å². The number of para-hydroxylation sites is 1. The molecule has 0 saturated heterocycles. The number of anilines is 1. The third-order valence-corrected chi connectivity index (χ3v) is 2.84. The first-order valence-electron chi connectivity index (χ1n) is 6.17. The van der Waals surface area contributed by atoms with Gasteiger partial charge in [0.2, 0.25) is 0 Å². The standard InChI is InChI=1S/C14H19N3O/c1-3-18-11-12-6-4-5-7-13(12)16-10-14-15-8-9-17(14)2/h4-9,16H,3,10-11H2,1-2H3. The summed E-state index contributed by atoms with van der Waals surface area (Å²) in [5, 5.41) is 3.40. The van der Waals surface area contributed by atoms with Crippen molar-refractivity contribution in [1.29, 1.82) is 0 Å². The number of ether oxygens (including phenoxy) is 1. The van der Waals surface area contributed by atoms with E-state index in [0.717, 1.165) is 18.1 Å². The second kappa shape index (κ2) is 6.21. The van der Waals surface area contributed by atoms with Crippen molar-refractivity contribution < 1.29 is 4.74 Å². The summed E-state index contributed by atoms with van der Waals surface area (Å²) in [4.78, 5) is 4.29. The Morgan fingerprint density at radius 2 is 2.17 bits per heavy atom. The Balaban J connectivity index is 2.02. The molecule has 0 aliphatic heterocycles. The number of aryl methyl sites for hydroxylation is 1. The average molecular weight is 245 g/mol. The molecule has 4 nitrogen and oxygen atoms in total. The molecule has 1 N–H and O–H groups in total. The highest BCUT2D eigenvalue weighted by Gasteiger charge is 2.03. The van der Waals surface area contributed by atoms with Crippen LogP contribution in [0.5, 0.6) is 0 Å². The van der Waals surface area contributed by atoms with Crippen LogP contribution in [0.4, 0.5) is 5.69 Å². The van der Waals surface area contributed by atoms with Crippen molar-refractivity contribution in [3.8, 4) is 0 Å². The Morgan fingerprint density at radius 3 is 2.89 bits per heavy atom. The molecule has 0 atom stereocenters. The van der Waals surface area contributed by atoms with Gasteiger partial charge < -0.3 is 14.6 Å². The van der Waals surface area contributed by atoms with Gasteiger partial charge in [0.05, 0.1) is 13.2 Å². The van der Waals surface area contributed by atoms with E-state index in [4.69, 9.17) is 4.74 Å². The normalized spacial score (nSPS) is 10.6. The minimum atomic E-state index is 0.639. The molecule has 2 rings (SSSR count). The van der Waals surface area contributed by atoms with Crippen LogP contribution < -0.4 is 5.32 Å². The van der Waals surface area contributed by atoms with Crippen molar-refractivity contribution in [2.45, 2.75) is 20.1 Å². The second-order valence-electron chi connectivity index (χ2n) is 4.10. The molecule has 0 bridgehead atoms. The van der Waals surface area contributed by atoms with E-state index in [2.05, 4.69) is 22.4 Å². The molecule has 0 amide bonds. The number of nitrogens with zero attached hydrogens (tertiary/aromatic N) is 2. The van der Waals surface area contributed by atoms with Crippen LogP contribution in [0.3, 0.4) is 0 Å². The highest BCUT2D eigenvalue weighted by molar-refractivity contribution is 5.50. The first kappa shape index (κ1) is 12.6. The van der Waals surface area contributed by atoms with E-state index >= 15 is 0 Å². The zero-order chi connectivity index (χ0) is 12.8. The van der Waals surface area contributed by atoms with Gasteiger partial charge in [-0.05, 0) is 13.0 Å². The molecule has 1 aromatic carbocycles. The molecule has 4 heteroatoms. The molecule has 0 radical (unpaired) electrons. The van der Waals surface area contributed by atoms with E-state index in [0.29, 0.717) is 13.2 Å². The lowest BCUT2D eigenvalue weighted by Crippen LogP contribution is -2.07. The molecule has 1 heterocycles. The molecule has 96 valence electrons. The van der Waals surface area contributed by atoms with Crippen LogP contribution in [-0.4, -0.2) is 16.2 Å². The zero-order valence-electron chi connectivity index (χ0n) is 10.9. The molecule has 0 aliphatic rings. The summed E-state index contributed by atoms with van der Waals surface area (Å²) >= 11 is 0. The molecule has 0 unspecified atom stereocenters. The number of rotatable bonds is 6. The molecule has 0 spiro atoms. The molecule has 0 saturated carbocycles. The van der Waals surface area contributed by atoms with E-state index in [-0.39, 0.29) is 0 Å². The molecule has 18 heavy (non-hydrogen) atoms. The lowest BCUT2D eigenvalue weighted by molar-refractivity contribution is 0.134. The van der Waals surface area contributed by atoms with E-state index in [9.17, 15) is 0 Å². The molecule has 0 fully saturated rings. The van der Waals surface area contributed by atoms with Gasteiger partial charge >= 0.3 is 0 Å². The highest BCUT2D eigenvalue weighted by atomic mass is 16.5. The number of benzene rings is 1. The lowest BCUT2D eigenvalue weighted by Gasteiger charge is -2.11. The molecular formula is C14H19N3O. The maximum atomic E-state index is 5.46. The fourth-order valence-electron chi connectivity index (χ4n) is 1.77. The Hall–Kier alpha value is -1.81. The highest BCUT2D eigenvalue weighted by Crippen LogP contribution is 2.16. The Labute approximate surface area is 108 Å². The van der Waals surface area contributed by atoms with Crippen molar-refractivity contribution in [2.75, 3.05) is 11.9 Å². The summed E-state index contributed by atoms with van der Waals surface area (Å²) in [5.74, 6) is 1.02. The first-order valence-corrected chi connectivity index (χ1v) is 6.17. The van der Waals surface area contributed by atoms with Gasteiger partial charge in [-0.15, -0.1) is 0 Å². The fraction of sp³-hybridized carbons (Fsp3) is 0.357. The average Bonchev–Trinajstić information content (AvgIpc) is 2.80. The SMILES string of the molecule is CCOCc1ccccc1NCc1nccn1C. The van der Waals surface area contributed by atoms with E-state index < -0.39 is 0 Å². The van der Waals surface area contributed by atoms with Gasteiger partial charge in [0.15, 0.2) is 0 Å². The third-order valence-electron chi connectivity index (χ3n) is 2.84. The van der Waals surface area contributed by atoms with Crippen LogP contribution in [0.25, 0.3) is 0 Å². The van der Waals surface area contributed by atoms with Crippen LogP contribution >= 0.6 is 0 Å². The minimum Gasteiger partial charge on any atom is -0.378 e. The van der Waals surface area contributed by atoms with Crippen molar-refractivity contribution in [3.05, 3.63) is 48.0 Å². The molecule has 1 aromatic heterocycles. The third kappa shape index (κ3) is 3.11. The van der Waals surface area contributed by atoms with Crippen molar-refractivity contribution in [3.63, 3.8) is 0 Å². The number of aromatic nitrogens is 2. The molecule has 2 aromatic rings. The minimum absolute atomic E-state index is 0.639. The largest absolute Gasteiger partial charge is 0.378 e. The van der Waals surface area contributed by atoms with Gasteiger partial charge in [0.1, 0.15) is 5.82 Å². The van der Waals surface area contributed by atoms with Gasteiger partial charge in [0.25, 0.3) is 0 Å². The smallest absolute Gasteiger partial charge is 0.127 e. The topological polar surface area (TPSA) is 39.1 Å². The monoisotopic (exact) mass is 245 g/mol. The number of nitrogens with one attached hydrogen (secondary N) is 1. The van der Waals surface area contributed by atoms with Crippen LogP contribution in [0.2, 0.25) is 0 Å². The van der Waals surface area contributed by atoms with E-state index in [1.807, 2.05) is 43.1 Å². The van der Waals surface area contributed by atoms with Gasteiger partial charge in [-0.25, -0.2) is 4.98 Å². The maximum Gasteiger partial charge on any atom is 0.127 e. The van der Waals surface area contributed by atoms with Gasteiger partial charge in [-0.2, -0.15) is 0 Å². The van der Waals surface area contributed by atoms with E-state index in [1.54, 1.807) is 0 Å². The first-order chi connectivity index (χ1) is 8.81. The maximum absolute atomic E-state index is 5.46. The summed E-state index contributed by atoms with van der Waals surface area (Å²) in [6.45, 7) is 4.09. The summed E-state index contributed by atoms with van der Waals surface area (Å²) < 4.78 is 7.47. The van der Waals surface area contributed by atoms with Gasteiger partial charge in [0, 0.05) is 37.3 Å². The van der Waals surface area contributed by atoms with Crippen LogP contribution in [0.1, 0.15) is 18.3 Å². The zero-order valence-corrected chi connectivity index (χ0v) is 10.9. The number of hydrogen-bond acceptors (Lipinski definition) is 3. The van der Waals surface area contributed by atoms with Gasteiger partial charge in [-0.1, -0.05) is 18.2 Å². The Kier molecular flexibility index (Phi) is 4.36. The quantitative estimate of drug-likeness (QED) is 0.850. The van der Waals surface area contributed by atoms with Crippen LogP contribution in [0.15, 0.2) is 36.7 Å². The summed E-state index contributed by atoms with van der Waals surface area (Å²) in [5.41, 5.74) is 2.28. The number of hydrogen-bond donors (Lipinski definition) is 1. The van der Waals surface area contributed by atoms with Crippen molar-refractivity contribution in [1.82, 2.24) is 9.55 Å². The van der Waals surface area contributed by atoms with E-state index in [1.165, 1.54) is 5.56 Å². The predicted octanol–water partition coefficient (Wildman–Crippen LogP) is 2.57. The van der Waals surface area contributed by atoms with Crippen LogP contribution in [-0.2, 0) is 24.9 Å². The predicted molar refractivity (Wildman–Crippen MR) is 72.3 cm³/mol. The summed E-state index contributed by atoms with van der Waals surface area (Å²) in [7, 11) is 2.00.